The molecule has 1 aromatic carbocycles. The van der Waals surface area contributed by atoms with Crippen molar-refractivity contribution in [3.05, 3.63) is 40.4 Å². The Labute approximate surface area is 174 Å². The van der Waals surface area contributed by atoms with Crippen molar-refractivity contribution in [2.24, 2.45) is 0 Å². The molecule has 0 radical (unpaired) electrons. The summed E-state index contributed by atoms with van der Waals surface area (Å²) in [7, 11) is 0. The number of hydrogen-bond acceptors (Lipinski definition) is 5. The van der Waals surface area contributed by atoms with Gasteiger partial charge in [-0.15, -0.1) is 12.4 Å². The van der Waals surface area contributed by atoms with Crippen molar-refractivity contribution in [2.75, 3.05) is 13.1 Å². The van der Waals surface area contributed by atoms with Gasteiger partial charge in [-0.25, -0.2) is 13.8 Å². The zero-order valence-corrected chi connectivity index (χ0v) is 18.0. The van der Waals surface area contributed by atoms with Crippen LogP contribution in [0.5, 0.6) is 0 Å². The number of imidazole rings is 1. The van der Waals surface area contributed by atoms with Crippen molar-refractivity contribution in [3.8, 4) is 5.95 Å². The van der Waals surface area contributed by atoms with E-state index in [4.69, 9.17) is 4.52 Å². The summed E-state index contributed by atoms with van der Waals surface area (Å²) >= 11 is 0. The van der Waals surface area contributed by atoms with E-state index in [0.717, 1.165) is 25.9 Å². The normalized spacial score (nSPS) is 16.3. The molecule has 1 fully saturated rings. The van der Waals surface area contributed by atoms with E-state index >= 15 is 0 Å². The van der Waals surface area contributed by atoms with Crippen LogP contribution in [0.1, 0.15) is 52.3 Å². The van der Waals surface area contributed by atoms with Gasteiger partial charge in [0.05, 0.1) is 11.0 Å². The molecule has 0 spiro atoms. The van der Waals surface area contributed by atoms with Crippen LogP contribution in [-0.2, 0) is 6.54 Å². The largest absolute Gasteiger partial charge is 0.337 e. The maximum Gasteiger partial charge on any atom is 0.336 e. The van der Waals surface area contributed by atoms with Crippen LogP contribution in [0.15, 0.2) is 27.5 Å². The minimum Gasteiger partial charge on any atom is -0.337 e. The molecule has 158 valence electrons. The molecule has 0 N–H and O–H groups in total. The average molecular weight is 424 g/mol. The molecule has 4 rings (SSSR count). The highest BCUT2D eigenvalue weighted by Crippen LogP contribution is 2.30. The maximum absolute atomic E-state index is 13.8. The van der Waals surface area contributed by atoms with Crippen molar-refractivity contribution in [1.29, 1.82) is 0 Å². The first-order valence-corrected chi connectivity index (χ1v) is 9.79. The van der Waals surface area contributed by atoms with Gasteiger partial charge in [0.15, 0.2) is 0 Å². The molecular formula is C20H27ClFN5O2. The standard InChI is InChI=1S/C20H26FN5O2.ClH/c1-5-25-15-7-6-14(21)12-16(15)26(19(25)27)18-22-17(28-23-18)13-8-10-24(11-9-13)20(2,3)4;/h6-7,12-13H,5,8-11H2,1-4H3;1H. The summed E-state index contributed by atoms with van der Waals surface area (Å²) in [6.07, 6.45) is 1.86. The number of rotatable bonds is 3. The molecule has 3 aromatic rings. The molecule has 1 aliphatic heterocycles. The first kappa shape index (κ1) is 21.5. The molecule has 0 atom stereocenters. The van der Waals surface area contributed by atoms with E-state index in [1.807, 2.05) is 6.92 Å². The topological polar surface area (TPSA) is 69.1 Å². The second kappa shape index (κ2) is 7.91. The van der Waals surface area contributed by atoms with Crippen LogP contribution >= 0.6 is 12.4 Å². The Morgan fingerprint density at radius 3 is 2.52 bits per heavy atom. The Kier molecular flexibility index (Phi) is 5.87. The minimum atomic E-state index is -0.409. The van der Waals surface area contributed by atoms with Gasteiger partial charge in [-0.05, 0) is 70.9 Å². The molecule has 3 heterocycles. The molecule has 0 aliphatic carbocycles. The SMILES string of the molecule is CCn1c(=O)n(-c2noc(C3CCN(C(C)(C)C)CC3)n2)c2cc(F)ccc21.Cl. The number of halogens is 2. The summed E-state index contributed by atoms with van der Waals surface area (Å²) in [6, 6.07) is 4.29. The number of aromatic nitrogens is 4. The zero-order chi connectivity index (χ0) is 20.1. The van der Waals surface area contributed by atoms with Gasteiger partial charge in [0, 0.05) is 24.1 Å². The quantitative estimate of drug-likeness (QED) is 0.642. The Morgan fingerprint density at radius 1 is 1.21 bits per heavy atom. The van der Waals surface area contributed by atoms with Crippen molar-refractivity contribution < 1.29 is 8.91 Å². The van der Waals surface area contributed by atoms with Gasteiger partial charge in [-0.1, -0.05) is 0 Å². The van der Waals surface area contributed by atoms with Gasteiger partial charge in [-0.3, -0.25) is 9.47 Å². The minimum absolute atomic E-state index is 0. The number of piperidine rings is 1. The zero-order valence-electron chi connectivity index (χ0n) is 17.2. The Morgan fingerprint density at radius 2 is 1.90 bits per heavy atom. The maximum atomic E-state index is 13.8. The Hall–Kier alpha value is -2.19. The van der Waals surface area contributed by atoms with Crippen molar-refractivity contribution in [3.63, 3.8) is 0 Å². The molecule has 29 heavy (non-hydrogen) atoms. The van der Waals surface area contributed by atoms with E-state index in [1.54, 1.807) is 10.6 Å². The lowest BCUT2D eigenvalue weighted by atomic mass is 9.93. The highest BCUT2D eigenvalue weighted by atomic mass is 35.5. The van der Waals surface area contributed by atoms with E-state index in [0.29, 0.717) is 23.5 Å². The van der Waals surface area contributed by atoms with Gasteiger partial charge in [0.2, 0.25) is 5.89 Å². The summed E-state index contributed by atoms with van der Waals surface area (Å²) in [6.45, 7) is 10.9. The molecule has 1 aliphatic rings. The third kappa shape index (κ3) is 3.83. The van der Waals surface area contributed by atoms with Crippen LogP contribution in [-0.4, -0.2) is 42.8 Å². The lowest BCUT2D eigenvalue weighted by molar-refractivity contribution is 0.0961. The number of fused-ring (bicyclic) bond motifs is 1. The summed E-state index contributed by atoms with van der Waals surface area (Å²) in [4.78, 5) is 19.8. The number of hydrogen-bond donors (Lipinski definition) is 0. The summed E-state index contributed by atoms with van der Waals surface area (Å²) in [5.74, 6) is 0.477. The van der Waals surface area contributed by atoms with Crippen LogP contribution in [0.3, 0.4) is 0 Å². The molecule has 9 heteroatoms. The fourth-order valence-corrected chi connectivity index (χ4v) is 4.01. The first-order chi connectivity index (χ1) is 13.3. The monoisotopic (exact) mass is 423 g/mol. The van der Waals surface area contributed by atoms with Gasteiger partial charge in [-0.2, -0.15) is 4.98 Å². The van der Waals surface area contributed by atoms with Crippen molar-refractivity contribution >= 4 is 23.4 Å². The fourth-order valence-electron chi connectivity index (χ4n) is 4.01. The first-order valence-electron chi connectivity index (χ1n) is 9.79. The predicted molar refractivity (Wildman–Crippen MR) is 112 cm³/mol. The van der Waals surface area contributed by atoms with Gasteiger partial charge in [0.1, 0.15) is 5.82 Å². The molecule has 0 amide bonds. The second-order valence-electron chi connectivity index (χ2n) is 8.36. The third-order valence-corrected chi connectivity index (χ3v) is 5.63. The van der Waals surface area contributed by atoms with Crippen LogP contribution in [0.2, 0.25) is 0 Å². The van der Waals surface area contributed by atoms with Crippen LogP contribution in [0, 0.1) is 5.82 Å². The number of nitrogens with zero attached hydrogens (tertiary/aromatic N) is 5. The highest BCUT2D eigenvalue weighted by molar-refractivity contribution is 5.85. The van der Waals surface area contributed by atoms with Crippen molar-refractivity contribution in [2.45, 2.75) is 58.5 Å². The van der Waals surface area contributed by atoms with E-state index in [9.17, 15) is 9.18 Å². The van der Waals surface area contributed by atoms with Crippen LogP contribution in [0.4, 0.5) is 4.39 Å². The summed E-state index contributed by atoms with van der Waals surface area (Å²) in [5, 5.41) is 4.05. The highest BCUT2D eigenvalue weighted by Gasteiger charge is 2.30. The van der Waals surface area contributed by atoms with E-state index in [-0.39, 0.29) is 35.5 Å². The van der Waals surface area contributed by atoms with Crippen molar-refractivity contribution in [1.82, 2.24) is 24.2 Å². The Balaban J connectivity index is 0.00000240. The van der Waals surface area contributed by atoms with Crippen LogP contribution < -0.4 is 5.69 Å². The fraction of sp³-hybridized carbons (Fsp3) is 0.550. The van der Waals surface area contributed by atoms with E-state index in [2.05, 4.69) is 35.8 Å². The molecule has 1 saturated heterocycles. The molecule has 0 unspecified atom stereocenters. The smallest absolute Gasteiger partial charge is 0.336 e. The number of likely N-dealkylation sites (tertiary alicyclic amines) is 1. The summed E-state index contributed by atoms with van der Waals surface area (Å²) in [5.41, 5.74) is 0.947. The molecule has 0 saturated carbocycles. The van der Waals surface area contributed by atoms with Gasteiger partial charge in [0.25, 0.3) is 5.95 Å². The average Bonchev–Trinajstić information content (AvgIpc) is 3.22. The lowest BCUT2D eigenvalue weighted by Crippen LogP contribution is -2.45. The lowest BCUT2D eigenvalue weighted by Gasteiger charge is -2.40. The predicted octanol–water partition coefficient (Wildman–Crippen LogP) is 3.73. The Bertz CT molecular complexity index is 1060. The van der Waals surface area contributed by atoms with E-state index < -0.39 is 5.82 Å². The molecule has 2 aromatic heterocycles. The molecule has 7 nitrogen and oxygen atoms in total. The van der Waals surface area contributed by atoms with Gasteiger partial charge >= 0.3 is 5.69 Å². The number of aryl methyl sites for hydroxylation is 1. The number of benzene rings is 1. The summed E-state index contributed by atoms with van der Waals surface area (Å²) < 4.78 is 22.2. The second-order valence-corrected chi connectivity index (χ2v) is 8.36. The molecule has 0 bridgehead atoms. The van der Waals surface area contributed by atoms with Gasteiger partial charge < -0.3 is 4.52 Å². The van der Waals surface area contributed by atoms with E-state index in [1.165, 1.54) is 16.7 Å². The van der Waals surface area contributed by atoms with Crippen LogP contribution in [0.25, 0.3) is 17.0 Å². The molecular weight excluding hydrogens is 397 g/mol. The third-order valence-electron chi connectivity index (χ3n) is 5.63.